The van der Waals surface area contributed by atoms with Crippen molar-refractivity contribution in [3.63, 3.8) is 0 Å². The Kier molecular flexibility index (Phi) is 6.90. The van der Waals surface area contributed by atoms with Gasteiger partial charge < -0.3 is 9.84 Å². The highest BCUT2D eigenvalue weighted by Gasteiger charge is 2.52. The lowest BCUT2D eigenvalue weighted by molar-refractivity contribution is -0.140. The van der Waals surface area contributed by atoms with Crippen molar-refractivity contribution in [2.24, 2.45) is 0 Å². The van der Waals surface area contributed by atoms with Gasteiger partial charge in [-0.1, -0.05) is 42.5 Å². The van der Waals surface area contributed by atoms with E-state index in [4.69, 9.17) is 4.74 Å². The Labute approximate surface area is 224 Å². The summed E-state index contributed by atoms with van der Waals surface area (Å²) in [6.45, 7) is 1.28. The third kappa shape index (κ3) is 5.12. The molecular formula is C29H21F4NO4S. The van der Waals surface area contributed by atoms with Gasteiger partial charge in [-0.05, 0) is 48.6 Å². The number of carboxylic acids is 1. The predicted molar refractivity (Wildman–Crippen MR) is 139 cm³/mol. The summed E-state index contributed by atoms with van der Waals surface area (Å²) in [6, 6.07) is 16.5. The van der Waals surface area contributed by atoms with Gasteiger partial charge in [-0.25, -0.2) is 18.0 Å². The first-order valence-corrected chi connectivity index (χ1v) is 12.8. The minimum Gasteiger partial charge on any atom is -0.481 e. The van der Waals surface area contributed by atoms with Crippen LogP contribution in [0.2, 0.25) is 0 Å². The van der Waals surface area contributed by atoms with E-state index >= 15 is 0 Å². The van der Waals surface area contributed by atoms with E-state index < -0.39 is 46.2 Å². The highest BCUT2D eigenvalue weighted by molar-refractivity contribution is 7.14. The summed E-state index contributed by atoms with van der Waals surface area (Å²) < 4.78 is 60.8. The maximum atomic E-state index is 14.6. The Bertz CT molecular complexity index is 1580. The van der Waals surface area contributed by atoms with Crippen LogP contribution in [-0.4, -0.2) is 17.2 Å². The maximum absolute atomic E-state index is 14.6. The Morgan fingerprint density at radius 3 is 2.28 bits per heavy atom. The summed E-state index contributed by atoms with van der Waals surface area (Å²) in [7, 11) is 0. The number of anilines is 1. The number of aliphatic carboxylic acids is 1. The van der Waals surface area contributed by atoms with Gasteiger partial charge in [0.25, 0.3) is 0 Å². The van der Waals surface area contributed by atoms with Crippen molar-refractivity contribution in [3.8, 4) is 21.6 Å². The zero-order valence-corrected chi connectivity index (χ0v) is 21.3. The van der Waals surface area contributed by atoms with Gasteiger partial charge in [0.05, 0.1) is 16.0 Å². The van der Waals surface area contributed by atoms with Crippen LogP contribution in [-0.2, 0) is 14.9 Å². The number of carbonyl (C=O) groups is 2. The fraction of sp³-hybridized carbons (Fsp3) is 0.172. The molecule has 0 radical (unpaired) electrons. The van der Waals surface area contributed by atoms with Crippen molar-refractivity contribution in [2.45, 2.75) is 31.3 Å². The molecule has 1 saturated carbocycles. The van der Waals surface area contributed by atoms with Gasteiger partial charge >= 0.3 is 12.1 Å². The lowest BCUT2D eigenvalue weighted by atomic mass is 9.89. The van der Waals surface area contributed by atoms with Crippen LogP contribution in [0.1, 0.15) is 37.0 Å². The van der Waals surface area contributed by atoms with E-state index in [1.807, 2.05) is 30.3 Å². The largest absolute Gasteiger partial charge is 0.481 e. The first kappa shape index (κ1) is 26.4. The fourth-order valence-electron chi connectivity index (χ4n) is 4.52. The number of ether oxygens (including phenoxy) is 1. The quantitative estimate of drug-likeness (QED) is 0.179. The van der Waals surface area contributed by atoms with Crippen molar-refractivity contribution in [1.29, 1.82) is 0 Å². The summed E-state index contributed by atoms with van der Waals surface area (Å²) in [6.07, 6.45) is -1.42. The Hall–Kier alpha value is -4.18. The molecule has 1 heterocycles. The minimum atomic E-state index is -1.38. The van der Waals surface area contributed by atoms with Crippen LogP contribution in [0.15, 0.2) is 66.7 Å². The first-order valence-electron chi connectivity index (χ1n) is 11.9. The van der Waals surface area contributed by atoms with Crippen LogP contribution in [0.4, 0.5) is 28.0 Å². The van der Waals surface area contributed by atoms with Crippen LogP contribution in [0.5, 0.6) is 0 Å². The number of amides is 1. The third-order valence-electron chi connectivity index (χ3n) is 6.76. The average molecular weight is 556 g/mol. The molecule has 3 aromatic carbocycles. The number of benzene rings is 3. The summed E-state index contributed by atoms with van der Waals surface area (Å²) in [5, 5.41) is 11.6. The SMILES string of the molecule is CC(OC(=O)Nc1cc(F)sc1-c1cc(C2(C(=O)O)CC2)ccc1-c1ccccc1)c1cc(F)c(F)cc1F. The number of nitrogens with one attached hydrogen (secondary N) is 1. The van der Waals surface area contributed by atoms with Crippen molar-refractivity contribution in [1.82, 2.24) is 0 Å². The number of carboxylic acid groups (broad SMARTS) is 1. The molecule has 39 heavy (non-hydrogen) atoms. The fourth-order valence-corrected chi connectivity index (χ4v) is 5.39. The summed E-state index contributed by atoms with van der Waals surface area (Å²) >= 11 is 0.752. The molecule has 1 fully saturated rings. The van der Waals surface area contributed by atoms with Crippen molar-refractivity contribution in [3.05, 3.63) is 100 Å². The molecule has 0 bridgehead atoms. The third-order valence-corrected chi connectivity index (χ3v) is 7.72. The lowest BCUT2D eigenvalue weighted by Gasteiger charge is -2.18. The number of hydrogen-bond donors (Lipinski definition) is 2. The average Bonchev–Trinajstić information content (AvgIpc) is 3.64. The number of thiophene rings is 1. The van der Waals surface area contributed by atoms with E-state index in [1.54, 1.807) is 18.2 Å². The smallest absolute Gasteiger partial charge is 0.412 e. The number of carbonyl (C=O) groups excluding carboxylic acids is 1. The molecule has 0 aliphatic heterocycles. The van der Waals surface area contributed by atoms with Gasteiger partial charge in [0, 0.05) is 23.3 Å². The zero-order chi connectivity index (χ0) is 27.9. The van der Waals surface area contributed by atoms with Gasteiger partial charge in [-0.3, -0.25) is 10.1 Å². The summed E-state index contributed by atoms with van der Waals surface area (Å²) in [5.41, 5.74) is 1.22. The zero-order valence-electron chi connectivity index (χ0n) is 20.4. The molecule has 200 valence electrons. The van der Waals surface area contributed by atoms with E-state index in [0.717, 1.165) is 23.0 Å². The topological polar surface area (TPSA) is 75.6 Å². The Morgan fingerprint density at radius 2 is 1.62 bits per heavy atom. The molecule has 1 aliphatic carbocycles. The second-order valence-electron chi connectivity index (χ2n) is 9.27. The van der Waals surface area contributed by atoms with E-state index in [2.05, 4.69) is 5.32 Å². The van der Waals surface area contributed by atoms with Crippen LogP contribution in [0.3, 0.4) is 0 Å². The van der Waals surface area contributed by atoms with Crippen LogP contribution >= 0.6 is 11.3 Å². The van der Waals surface area contributed by atoms with Crippen molar-refractivity contribution >= 4 is 29.1 Å². The van der Waals surface area contributed by atoms with Crippen LogP contribution < -0.4 is 5.32 Å². The van der Waals surface area contributed by atoms with Crippen molar-refractivity contribution < 1.29 is 37.0 Å². The second kappa shape index (κ2) is 10.2. The van der Waals surface area contributed by atoms with E-state index in [0.29, 0.717) is 46.5 Å². The minimum absolute atomic E-state index is 0.0509. The van der Waals surface area contributed by atoms with E-state index in [1.165, 1.54) is 6.92 Å². The van der Waals surface area contributed by atoms with Gasteiger partial charge in [-0.15, -0.1) is 11.3 Å². The number of halogens is 4. The van der Waals surface area contributed by atoms with Crippen molar-refractivity contribution in [2.75, 3.05) is 5.32 Å². The second-order valence-corrected chi connectivity index (χ2v) is 10.3. The number of rotatable bonds is 7. The lowest BCUT2D eigenvalue weighted by Crippen LogP contribution is -2.19. The molecule has 5 rings (SSSR count). The van der Waals surface area contributed by atoms with E-state index in [-0.39, 0.29) is 11.3 Å². The Balaban J connectivity index is 1.50. The predicted octanol–water partition coefficient (Wildman–Crippen LogP) is 8.06. The van der Waals surface area contributed by atoms with Crippen LogP contribution in [0.25, 0.3) is 21.6 Å². The molecule has 0 spiro atoms. The van der Waals surface area contributed by atoms with Crippen LogP contribution in [0, 0.1) is 22.6 Å². The molecule has 5 nitrogen and oxygen atoms in total. The molecule has 1 aliphatic rings. The van der Waals surface area contributed by atoms with E-state index in [9.17, 15) is 32.3 Å². The monoisotopic (exact) mass is 555 g/mol. The van der Waals surface area contributed by atoms with Gasteiger partial charge in [0.2, 0.25) is 0 Å². The molecule has 1 atom stereocenters. The number of hydrogen-bond acceptors (Lipinski definition) is 4. The highest BCUT2D eigenvalue weighted by Crippen LogP contribution is 2.51. The molecule has 10 heteroatoms. The van der Waals surface area contributed by atoms with Gasteiger partial charge in [0.15, 0.2) is 16.8 Å². The summed E-state index contributed by atoms with van der Waals surface area (Å²) in [4.78, 5) is 25.0. The molecule has 1 aromatic heterocycles. The molecule has 1 unspecified atom stereocenters. The van der Waals surface area contributed by atoms with Gasteiger partial charge in [0.1, 0.15) is 11.9 Å². The Morgan fingerprint density at radius 1 is 0.923 bits per heavy atom. The molecule has 4 aromatic rings. The molecule has 1 amide bonds. The summed E-state index contributed by atoms with van der Waals surface area (Å²) in [5.74, 6) is -4.71. The first-order chi connectivity index (χ1) is 18.6. The highest BCUT2D eigenvalue weighted by atomic mass is 32.1. The normalized spacial score (nSPS) is 14.5. The standard InChI is InChI=1S/C29H21F4NO4S/c1-15(19-12-22(31)23(32)13-21(19)30)38-28(37)34-24-14-25(33)39-26(24)20-11-17(29(9-10-29)27(35)36)7-8-18(20)16-5-3-2-4-6-16/h2-8,11-15H,9-10H2,1H3,(H,34,37)(H,35,36). The molecule has 2 N–H and O–H groups in total. The molecular weight excluding hydrogens is 534 g/mol. The maximum Gasteiger partial charge on any atom is 0.412 e. The molecule has 0 saturated heterocycles. The van der Waals surface area contributed by atoms with Gasteiger partial charge in [-0.2, -0.15) is 4.39 Å².